The molecule has 1 unspecified atom stereocenters. The SMILES string of the molecule is O.O.O=CS(=O)[O-].[Na+]. The van der Waals surface area contributed by atoms with E-state index in [0.29, 0.717) is 0 Å². The van der Waals surface area contributed by atoms with Gasteiger partial charge in [0.25, 0.3) is 0 Å². The van der Waals surface area contributed by atoms with Crippen molar-refractivity contribution in [1.29, 1.82) is 0 Å². The Hall–Kier alpha value is 0.700. The van der Waals surface area contributed by atoms with Gasteiger partial charge in [0.05, 0.1) is 0 Å². The van der Waals surface area contributed by atoms with Crippen LogP contribution in [0.25, 0.3) is 0 Å². The molecule has 0 fully saturated rings. The molecule has 0 aliphatic carbocycles. The summed E-state index contributed by atoms with van der Waals surface area (Å²) in [4.78, 5) is 8.89. The first-order valence-electron chi connectivity index (χ1n) is 0.805. The van der Waals surface area contributed by atoms with Gasteiger partial charge in [0.15, 0.2) is 5.62 Å². The van der Waals surface area contributed by atoms with Crippen molar-refractivity contribution < 1.29 is 54.1 Å². The summed E-state index contributed by atoms with van der Waals surface area (Å²) >= 11 is -2.50. The molecule has 0 saturated carbocycles. The summed E-state index contributed by atoms with van der Waals surface area (Å²) in [7, 11) is 0. The largest absolute Gasteiger partial charge is 1.00 e. The Bertz CT molecular complexity index is 63.4. The van der Waals surface area contributed by atoms with Gasteiger partial charge in [-0.05, 0) is 0 Å². The van der Waals surface area contributed by atoms with Crippen LogP contribution in [0.15, 0.2) is 0 Å². The Balaban J connectivity index is -0.0000000267. The molecule has 0 amide bonds. The number of hydrogen-bond donors (Lipinski definition) is 0. The molecule has 0 radical (unpaired) electrons. The Morgan fingerprint density at radius 2 is 1.50 bits per heavy atom. The van der Waals surface area contributed by atoms with Gasteiger partial charge in [-0.25, -0.2) is 0 Å². The first kappa shape index (κ1) is 23.4. The predicted molar refractivity (Wildman–Crippen MR) is 22.9 cm³/mol. The van der Waals surface area contributed by atoms with Gasteiger partial charge in [-0.2, -0.15) is 0 Å². The summed E-state index contributed by atoms with van der Waals surface area (Å²) in [6, 6.07) is 0. The normalized spacial score (nSPS) is 8.62. The Morgan fingerprint density at radius 1 is 1.38 bits per heavy atom. The molecule has 1 atom stereocenters. The fourth-order valence-electron chi connectivity index (χ4n) is 0. The van der Waals surface area contributed by atoms with Crippen molar-refractivity contribution in [2.45, 2.75) is 0 Å². The van der Waals surface area contributed by atoms with Crippen molar-refractivity contribution in [2.24, 2.45) is 0 Å². The maximum Gasteiger partial charge on any atom is 1.00 e. The molecule has 5 nitrogen and oxygen atoms in total. The summed E-state index contributed by atoms with van der Waals surface area (Å²) < 4.78 is 18.0. The van der Waals surface area contributed by atoms with Gasteiger partial charge in [0, 0.05) is 11.1 Å². The molecule has 8 heavy (non-hydrogen) atoms. The van der Waals surface area contributed by atoms with Crippen LogP contribution in [0.4, 0.5) is 0 Å². The van der Waals surface area contributed by atoms with E-state index in [4.69, 9.17) is 13.6 Å². The zero-order valence-corrected chi connectivity index (χ0v) is 7.03. The minimum Gasteiger partial charge on any atom is -0.766 e. The number of carbonyl (C=O) groups excluding carboxylic acids is 1. The van der Waals surface area contributed by atoms with E-state index in [0.717, 1.165) is 0 Å². The smallest absolute Gasteiger partial charge is 0.766 e. The quantitative estimate of drug-likeness (QED) is 0.211. The molecule has 0 aromatic carbocycles. The molecule has 0 saturated heterocycles. The van der Waals surface area contributed by atoms with Gasteiger partial charge in [0.2, 0.25) is 0 Å². The molecular formula is CH5NaO5S. The third-order valence-corrected chi connectivity index (χ3v) is 0.236. The molecule has 0 bridgehead atoms. The van der Waals surface area contributed by atoms with Crippen LogP contribution in [-0.4, -0.2) is 25.3 Å². The molecule has 46 valence electrons. The van der Waals surface area contributed by atoms with Gasteiger partial charge in [-0.3, -0.25) is 9.00 Å². The predicted octanol–water partition coefficient (Wildman–Crippen LogP) is -5.59. The van der Waals surface area contributed by atoms with E-state index in [1.807, 2.05) is 0 Å². The maximum absolute atomic E-state index is 9.00. The fourth-order valence-corrected chi connectivity index (χ4v) is 0. The Morgan fingerprint density at radius 3 is 1.50 bits per heavy atom. The third kappa shape index (κ3) is 29.9. The topological polar surface area (TPSA) is 120 Å². The van der Waals surface area contributed by atoms with Gasteiger partial charge in [0.1, 0.15) is 0 Å². The van der Waals surface area contributed by atoms with Crippen LogP contribution in [0.2, 0.25) is 0 Å². The van der Waals surface area contributed by atoms with Crippen LogP contribution in [0, 0.1) is 0 Å². The number of rotatable bonds is 1. The van der Waals surface area contributed by atoms with Crippen molar-refractivity contribution in [3.05, 3.63) is 0 Å². The molecule has 4 N–H and O–H groups in total. The Labute approximate surface area is 70.7 Å². The summed E-state index contributed by atoms with van der Waals surface area (Å²) in [5.41, 5.74) is -0.167. The molecule has 0 aromatic rings. The van der Waals surface area contributed by atoms with E-state index in [9.17, 15) is 0 Å². The van der Waals surface area contributed by atoms with Gasteiger partial charge >= 0.3 is 29.6 Å². The average Bonchev–Trinajstić information content (AvgIpc) is 1.38. The van der Waals surface area contributed by atoms with Crippen LogP contribution >= 0.6 is 0 Å². The summed E-state index contributed by atoms with van der Waals surface area (Å²) in [6.07, 6.45) is 0. The molecule has 0 aliphatic rings. The fraction of sp³-hybridized carbons (Fsp3) is 0. The first-order chi connectivity index (χ1) is 2.27. The van der Waals surface area contributed by atoms with E-state index < -0.39 is 11.1 Å². The van der Waals surface area contributed by atoms with Crippen LogP contribution in [0.5, 0.6) is 0 Å². The molecule has 7 heteroatoms. The second kappa shape index (κ2) is 15.6. The molecule has 0 aromatic heterocycles. The zero-order valence-electron chi connectivity index (χ0n) is 4.21. The van der Waals surface area contributed by atoms with E-state index in [-0.39, 0.29) is 46.1 Å². The second-order valence-corrected chi connectivity index (χ2v) is 1.07. The van der Waals surface area contributed by atoms with E-state index >= 15 is 0 Å². The summed E-state index contributed by atoms with van der Waals surface area (Å²) in [5, 5.41) is 0. The van der Waals surface area contributed by atoms with Crippen molar-refractivity contribution in [3.63, 3.8) is 0 Å². The van der Waals surface area contributed by atoms with Gasteiger partial charge < -0.3 is 15.5 Å². The van der Waals surface area contributed by atoms with Crippen molar-refractivity contribution in [1.82, 2.24) is 0 Å². The molecular weight excluding hydrogens is 147 g/mol. The summed E-state index contributed by atoms with van der Waals surface area (Å²) in [5.74, 6) is 0. The van der Waals surface area contributed by atoms with Crippen LogP contribution in [0.1, 0.15) is 0 Å². The molecule has 0 spiro atoms. The standard InChI is InChI=1S/CH2O3S.Na.2H2O/c2-1-5(3)4;;;/h1H,(H,3,4);;2*1H2/q;+1;;/p-1. The molecule has 0 aliphatic heterocycles. The third-order valence-electron chi connectivity index (χ3n) is 0.0786. The molecule has 0 heterocycles. The maximum atomic E-state index is 9.00. The van der Waals surface area contributed by atoms with E-state index in [2.05, 4.69) is 0 Å². The van der Waals surface area contributed by atoms with Crippen LogP contribution in [0.3, 0.4) is 0 Å². The number of hydrogen-bond acceptors (Lipinski definition) is 3. The van der Waals surface area contributed by atoms with Gasteiger partial charge in [-0.15, -0.1) is 0 Å². The second-order valence-electron chi connectivity index (χ2n) is 0.357. The van der Waals surface area contributed by atoms with Crippen molar-refractivity contribution in [2.75, 3.05) is 0 Å². The Kier molecular flexibility index (Phi) is 45.7. The van der Waals surface area contributed by atoms with Crippen LogP contribution < -0.4 is 29.6 Å². The average molecular weight is 152 g/mol. The minimum absolute atomic E-state index is 0. The first-order valence-corrected chi connectivity index (χ1v) is 1.94. The van der Waals surface area contributed by atoms with Crippen molar-refractivity contribution >= 4 is 16.7 Å². The minimum atomic E-state index is -2.50. The van der Waals surface area contributed by atoms with Crippen molar-refractivity contribution in [3.8, 4) is 0 Å². The van der Waals surface area contributed by atoms with Gasteiger partial charge in [-0.1, -0.05) is 0 Å². The van der Waals surface area contributed by atoms with E-state index in [1.54, 1.807) is 0 Å². The number of carbonyl (C=O) groups is 1. The van der Waals surface area contributed by atoms with Crippen LogP contribution in [-0.2, 0) is 15.9 Å². The van der Waals surface area contributed by atoms with E-state index in [1.165, 1.54) is 0 Å². The monoisotopic (exact) mass is 152 g/mol. The summed E-state index contributed by atoms with van der Waals surface area (Å²) in [6.45, 7) is 0. The molecule has 0 rings (SSSR count). The zero-order chi connectivity index (χ0) is 4.28.